The Balaban J connectivity index is 1.92. The lowest BCUT2D eigenvalue weighted by Gasteiger charge is -2.67. The predicted octanol–water partition coefficient (Wildman–Crippen LogP) is 6.80. The average Bonchev–Trinajstić information content (AvgIpc) is 2.83. The largest absolute Gasteiger partial charge is 0.511 e. The third-order valence-electron chi connectivity index (χ3n) is 12.4. The van der Waals surface area contributed by atoms with Gasteiger partial charge in [0.25, 0.3) is 0 Å². The molecule has 5 heteroatoms. The van der Waals surface area contributed by atoms with Gasteiger partial charge in [-0.1, -0.05) is 61.0 Å². The number of hydrogen-bond acceptors (Lipinski definition) is 5. The van der Waals surface area contributed by atoms with E-state index in [9.17, 15) is 25.4 Å². The van der Waals surface area contributed by atoms with E-state index < -0.39 is 27.3 Å². The summed E-state index contributed by atoms with van der Waals surface area (Å²) in [5.41, 5.74) is -2.57. The number of hydrogen-bond donors (Lipinski definition) is 3. The van der Waals surface area contributed by atoms with Crippen LogP contribution in [0.3, 0.4) is 0 Å². The minimum atomic E-state index is -1.49. The predicted molar refractivity (Wildman–Crippen MR) is 145 cm³/mol. The van der Waals surface area contributed by atoms with Crippen LogP contribution in [-0.2, 0) is 4.79 Å². The second-order valence-electron chi connectivity index (χ2n) is 15.4. The zero-order valence-electron chi connectivity index (χ0n) is 24.4. The average molecular weight is 512 g/mol. The molecule has 4 aliphatic rings. The van der Waals surface area contributed by atoms with E-state index in [0.717, 1.165) is 44.1 Å². The molecule has 0 aromatic heterocycles. The van der Waals surface area contributed by atoms with Gasteiger partial charge in [-0.05, 0) is 91.4 Å². The van der Waals surface area contributed by atoms with Crippen molar-refractivity contribution in [1.29, 1.82) is 5.26 Å². The molecule has 0 radical (unpaired) electrons. The zero-order chi connectivity index (χ0) is 27.9. The fraction of sp³-hybridized carbons (Fsp3) is 0.812. The normalized spacial score (nSPS) is 45.6. The SMILES string of the molecule is CC1(C)CC[C@](C)(CO)CC[C@]2(C)[C@@](O)(CC1)C(=O)C=C1[C@@]3(C)CC(C#N)=C(O)C(C)(C)[C@@H]3CC[C@]12C. The van der Waals surface area contributed by atoms with Crippen molar-refractivity contribution in [2.24, 2.45) is 38.4 Å². The molecule has 0 aliphatic heterocycles. The van der Waals surface area contributed by atoms with Gasteiger partial charge in [0, 0.05) is 17.4 Å². The van der Waals surface area contributed by atoms with Crippen LogP contribution in [0.4, 0.5) is 0 Å². The number of allylic oxidation sites excluding steroid dienone is 3. The van der Waals surface area contributed by atoms with Crippen LogP contribution in [0.1, 0.15) is 113 Å². The number of ketones is 1. The topological polar surface area (TPSA) is 102 Å². The maximum atomic E-state index is 14.1. The van der Waals surface area contributed by atoms with Gasteiger partial charge in [0.15, 0.2) is 5.78 Å². The van der Waals surface area contributed by atoms with Crippen molar-refractivity contribution >= 4 is 5.78 Å². The lowest BCUT2D eigenvalue weighted by atomic mass is 9.37. The van der Waals surface area contributed by atoms with E-state index in [-0.39, 0.29) is 34.9 Å². The number of fused-ring (bicyclic) bond motifs is 5. The first kappa shape index (κ1) is 28.4. The Morgan fingerprint density at radius 3 is 2.14 bits per heavy atom. The summed E-state index contributed by atoms with van der Waals surface area (Å²) in [6.07, 6.45) is 8.26. The highest BCUT2D eigenvalue weighted by Crippen LogP contribution is 2.72. The van der Waals surface area contributed by atoms with Gasteiger partial charge < -0.3 is 15.3 Å². The van der Waals surface area contributed by atoms with Crippen LogP contribution in [0.5, 0.6) is 0 Å². The summed E-state index contributed by atoms with van der Waals surface area (Å²) >= 11 is 0. The van der Waals surface area contributed by atoms with Crippen molar-refractivity contribution in [3.05, 3.63) is 23.0 Å². The van der Waals surface area contributed by atoms with Crippen molar-refractivity contribution in [2.45, 2.75) is 119 Å². The van der Waals surface area contributed by atoms with Crippen LogP contribution in [0.25, 0.3) is 0 Å². The summed E-state index contributed by atoms with van der Waals surface area (Å²) < 4.78 is 0. The fourth-order valence-electron chi connectivity index (χ4n) is 9.05. The number of rotatable bonds is 1. The van der Waals surface area contributed by atoms with E-state index >= 15 is 0 Å². The van der Waals surface area contributed by atoms with Gasteiger partial charge >= 0.3 is 0 Å². The van der Waals surface area contributed by atoms with Crippen molar-refractivity contribution in [2.75, 3.05) is 6.61 Å². The van der Waals surface area contributed by atoms with Crippen LogP contribution in [0.2, 0.25) is 0 Å². The summed E-state index contributed by atoms with van der Waals surface area (Å²) in [6, 6.07) is 2.26. The molecular weight excluding hydrogens is 462 g/mol. The zero-order valence-corrected chi connectivity index (χ0v) is 24.4. The Morgan fingerprint density at radius 2 is 1.54 bits per heavy atom. The number of carbonyl (C=O) groups is 1. The minimum Gasteiger partial charge on any atom is -0.511 e. The first-order chi connectivity index (χ1) is 16.9. The Kier molecular flexibility index (Phi) is 6.46. The summed E-state index contributed by atoms with van der Waals surface area (Å²) in [4.78, 5) is 14.1. The Labute approximate surface area is 224 Å². The summed E-state index contributed by atoms with van der Waals surface area (Å²) in [6.45, 7) is 17.2. The number of nitrogens with zero attached hydrogens (tertiary/aromatic N) is 1. The molecule has 2 fully saturated rings. The van der Waals surface area contributed by atoms with E-state index in [2.05, 4.69) is 47.6 Å². The van der Waals surface area contributed by atoms with Crippen LogP contribution in [0.15, 0.2) is 23.0 Å². The van der Waals surface area contributed by atoms with Gasteiger partial charge in [0.05, 0.1) is 11.6 Å². The molecule has 0 unspecified atom stereocenters. The number of nitriles is 1. The van der Waals surface area contributed by atoms with E-state index in [1.807, 2.05) is 13.8 Å². The Hall–Kier alpha value is -1.64. The molecule has 0 aromatic rings. The van der Waals surface area contributed by atoms with Crippen molar-refractivity contribution in [1.82, 2.24) is 0 Å². The third kappa shape index (κ3) is 3.80. The van der Waals surface area contributed by atoms with Crippen molar-refractivity contribution < 1.29 is 20.1 Å². The first-order valence-corrected chi connectivity index (χ1v) is 14.3. The molecule has 2 saturated carbocycles. The van der Waals surface area contributed by atoms with E-state index in [1.165, 1.54) is 0 Å². The third-order valence-corrected chi connectivity index (χ3v) is 12.4. The van der Waals surface area contributed by atoms with E-state index in [0.29, 0.717) is 24.8 Å². The highest BCUT2D eigenvalue weighted by molar-refractivity contribution is 6.00. The molecule has 0 heterocycles. The maximum absolute atomic E-state index is 14.1. The Morgan fingerprint density at radius 1 is 0.946 bits per heavy atom. The van der Waals surface area contributed by atoms with Gasteiger partial charge in [-0.15, -0.1) is 0 Å². The minimum absolute atomic E-state index is 0.0450. The quantitative estimate of drug-likeness (QED) is 0.359. The molecule has 5 nitrogen and oxygen atoms in total. The number of aliphatic hydroxyl groups is 3. The molecule has 0 aromatic carbocycles. The summed E-state index contributed by atoms with van der Waals surface area (Å²) in [5.74, 6) is 0.0628. The fourth-order valence-corrected chi connectivity index (χ4v) is 9.05. The standard InChI is InChI=1S/C32H49NO4/c1-26(2)11-13-28(5,20-34)14-15-31(8)30(7)10-9-22-27(3,4)25(36)21(19-33)18-29(22,6)23(30)17-24(35)32(31,37)16-12-26/h17,22,34,36-37H,9-16,18,20H2,1-8H3/t22-,28-,29-,30+,31-,32+/m0/s1. The molecule has 3 N–H and O–H groups in total. The monoisotopic (exact) mass is 511 g/mol. The molecule has 0 spiro atoms. The summed E-state index contributed by atoms with van der Waals surface area (Å²) in [7, 11) is 0. The van der Waals surface area contributed by atoms with E-state index in [1.54, 1.807) is 6.08 Å². The Bertz CT molecular complexity index is 1090. The molecule has 4 rings (SSSR count). The second-order valence-corrected chi connectivity index (χ2v) is 15.4. The smallest absolute Gasteiger partial charge is 0.187 e. The molecule has 0 bridgehead atoms. The number of carbonyl (C=O) groups excluding carboxylic acids is 1. The van der Waals surface area contributed by atoms with Gasteiger partial charge in [-0.2, -0.15) is 5.26 Å². The summed E-state index contributed by atoms with van der Waals surface area (Å²) in [5, 5.41) is 43.9. The highest BCUT2D eigenvalue weighted by atomic mass is 16.3. The van der Waals surface area contributed by atoms with Crippen LogP contribution in [-0.4, -0.2) is 33.3 Å². The van der Waals surface area contributed by atoms with Gasteiger partial charge in [0.1, 0.15) is 11.4 Å². The molecule has 0 saturated heterocycles. The molecule has 0 amide bonds. The number of aliphatic hydroxyl groups excluding tert-OH is 2. The van der Waals surface area contributed by atoms with Gasteiger partial charge in [-0.3, -0.25) is 4.79 Å². The molecule has 37 heavy (non-hydrogen) atoms. The lowest BCUT2D eigenvalue weighted by molar-refractivity contribution is -0.186. The van der Waals surface area contributed by atoms with Gasteiger partial charge in [0.2, 0.25) is 0 Å². The van der Waals surface area contributed by atoms with Gasteiger partial charge in [-0.25, -0.2) is 0 Å². The van der Waals surface area contributed by atoms with Crippen LogP contribution < -0.4 is 0 Å². The highest BCUT2D eigenvalue weighted by Gasteiger charge is 2.69. The lowest BCUT2D eigenvalue weighted by Crippen LogP contribution is -2.67. The molecule has 6 atom stereocenters. The van der Waals surface area contributed by atoms with Crippen LogP contribution >= 0.6 is 0 Å². The van der Waals surface area contributed by atoms with Crippen molar-refractivity contribution in [3.63, 3.8) is 0 Å². The maximum Gasteiger partial charge on any atom is 0.187 e. The molecule has 206 valence electrons. The van der Waals surface area contributed by atoms with Crippen LogP contribution in [0, 0.1) is 49.7 Å². The first-order valence-electron chi connectivity index (χ1n) is 14.3. The van der Waals surface area contributed by atoms with E-state index in [4.69, 9.17) is 0 Å². The molecular formula is C32H49NO4. The second kappa shape index (κ2) is 8.43. The molecule has 4 aliphatic carbocycles. The van der Waals surface area contributed by atoms with Crippen molar-refractivity contribution in [3.8, 4) is 6.07 Å².